The lowest BCUT2D eigenvalue weighted by Gasteiger charge is -2.46. The van der Waals surface area contributed by atoms with E-state index in [1.807, 2.05) is 38.9 Å². The van der Waals surface area contributed by atoms with E-state index in [0.717, 1.165) is 12.6 Å². The Hall–Kier alpha value is -3.13. The van der Waals surface area contributed by atoms with Crippen LogP contribution in [-0.4, -0.2) is 57.5 Å². The number of benzene rings is 1. The van der Waals surface area contributed by atoms with Gasteiger partial charge in [-0.1, -0.05) is 13.8 Å². The van der Waals surface area contributed by atoms with E-state index >= 15 is 0 Å². The highest BCUT2D eigenvalue weighted by molar-refractivity contribution is 6.25. The van der Waals surface area contributed by atoms with Crippen molar-refractivity contribution in [3.63, 3.8) is 0 Å². The quantitative estimate of drug-likeness (QED) is 0.494. The number of ketones is 3. The number of hydrogen-bond donors (Lipinski definition) is 4. The van der Waals surface area contributed by atoms with Crippen LogP contribution in [0.1, 0.15) is 55.1 Å². The fourth-order valence-electron chi connectivity index (χ4n) is 5.83. The van der Waals surface area contributed by atoms with Crippen LogP contribution in [0.2, 0.25) is 0 Å². The van der Waals surface area contributed by atoms with Crippen molar-refractivity contribution < 1.29 is 34.8 Å². The molecular weight excluding hydrogens is 438 g/mol. The average molecular weight is 470 g/mol. The Kier molecular flexibility index (Phi) is 5.63. The molecule has 0 spiro atoms. The second-order valence-corrected chi connectivity index (χ2v) is 10.4. The second-order valence-electron chi connectivity index (χ2n) is 10.4. The van der Waals surface area contributed by atoms with Crippen LogP contribution in [0.4, 0.5) is 5.69 Å². The summed E-state index contributed by atoms with van der Waals surface area (Å²) in [6, 6.07) is 1.88. The Balaban J connectivity index is 1.93. The number of nitrogens with zero attached hydrogens (tertiary/aromatic N) is 1. The van der Waals surface area contributed by atoms with Gasteiger partial charge in [-0.15, -0.1) is 0 Å². The summed E-state index contributed by atoms with van der Waals surface area (Å²) in [5.41, 5.74) is -0.999. The third-order valence-electron chi connectivity index (χ3n) is 7.33. The lowest BCUT2D eigenvalue weighted by atomic mass is 9.60. The van der Waals surface area contributed by atoms with Crippen molar-refractivity contribution in [2.45, 2.75) is 52.1 Å². The van der Waals surface area contributed by atoms with Crippen LogP contribution in [0.15, 0.2) is 28.7 Å². The Bertz CT molecular complexity index is 1190. The van der Waals surface area contributed by atoms with E-state index in [9.17, 15) is 34.8 Å². The number of Topliss-reactive ketones (excluding diaryl/α,β-unsaturated/α-hetero) is 3. The van der Waals surface area contributed by atoms with Crippen LogP contribution in [0.5, 0.6) is 5.75 Å². The normalized spacial score (nSPS) is 26.4. The molecule has 0 saturated heterocycles. The van der Waals surface area contributed by atoms with E-state index in [4.69, 9.17) is 0 Å². The van der Waals surface area contributed by atoms with Gasteiger partial charge in [0.15, 0.2) is 17.2 Å². The smallest absolute Gasteiger partial charge is 0.209 e. The predicted molar refractivity (Wildman–Crippen MR) is 125 cm³/mol. The first kappa shape index (κ1) is 24.0. The standard InChI is InChI=1S/C26H31NO7/c1-11(2)6-14-9-17(27(4)5)16-8-13-7-15-10-18(29)19(12(3)28)24(32)26(15,34)25(33)20(13)23(31)21(16)22(14)30/h9,11,13,15,29-30,33-34H,6-8,10H2,1-5H3. The highest BCUT2D eigenvalue weighted by Gasteiger charge is 2.59. The molecule has 0 heterocycles. The topological polar surface area (TPSA) is 135 Å². The number of rotatable bonds is 4. The monoisotopic (exact) mass is 469 g/mol. The number of hydrogen-bond acceptors (Lipinski definition) is 8. The second kappa shape index (κ2) is 7.98. The molecule has 0 fully saturated rings. The van der Waals surface area contributed by atoms with Crippen molar-refractivity contribution in [3.05, 3.63) is 45.4 Å². The van der Waals surface area contributed by atoms with Crippen molar-refractivity contribution in [1.82, 2.24) is 0 Å². The molecule has 0 aromatic heterocycles. The molecule has 0 aliphatic heterocycles. The maximum Gasteiger partial charge on any atom is 0.209 e. The summed E-state index contributed by atoms with van der Waals surface area (Å²) < 4.78 is 0. The Morgan fingerprint density at radius 2 is 1.82 bits per heavy atom. The third kappa shape index (κ3) is 3.27. The Labute approximate surface area is 198 Å². The maximum atomic E-state index is 13.8. The molecule has 3 atom stereocenters. The number of aliphatic hydroxyl groups is 3. The lowest BCUT2D eigenvalue weighted by molar-refractivity contribution is -0.144. The SMILES string of the molecule is CC(=O)C1=C(O)CC2CC3Cc4c(N(C)C)cc(CC(C)C)c(O)c4C(=O)C3=C(O)C2(O)C1=O. The molecule has 3 aliphatic rings. The van der Waals surface area contributed by atoms with Crippen molar-refractivity contribution in [3.8, 4) is 5.75 Å². The summed E-state index contributed by atoms with van der Waals surface area (Å²) >= 11 is 0. The van der Waals surface area contributed by atoms with Crippen LogP contribution in [0.3, 0.4) is 0 Å². The minimum Gasteiger partial charge on any atom is -0.511 e. The van der Waals surface area contributed by atoms with Gasteiger partial charge in [0.25, 0.3) is 0 Å². The number of carbonyl (C=O) groups excluding carboxylic acids is 3. The van der Waals surface area contributed by atoms with Crippen molar-refractivity contribution >= 4 is 23.0 Å². The van der Waals surface area contributed by atoms with E-state index in [1.54, 1.807) is 0 Å². The zero-order valence-electron chi connectivity index (χ0n) is 20.1. The van der Waals surface area contributed by atoms with Gasteiger partial charge in [0.05, 0.1) is 5.56 Å². The van der Waals surface area contributed by atoms with Gasteiger partial charge in [-0.25, -0.2) is 0 Å². The molecule has 0 amide bonds. The maximum absolute atomic E-state index is 13.8. The van der Waals surface area contributed by atoms with Gasteiger partial charge in [-0.3, -0.25) is 14.4 Å². The van der Waals surface area contributed by atoms with Crippen LogP contribution >= 0.6 is 0 Å². The summed E-state index contributed by atoms with van der Waals surface area (Å²) in [4.78, 5) is 40.7. The van der Waals surface area contributed by atoms with E-state index in [1.165, 1.54) is 0 Å². The number of carbonyl (C=O) groups is 3. The molecule has 4 rings (SSSR count). The van der Waals surface area contributed by atoms with Gasteiger partial charge in [0, 0.05) is 37.7 Å². The van der Waals surface area contributed by atoms with Gasteiger partial charge in [0.1, 0.15) is 22.8 Å². The van der Waals surface area contributed by atoms with E-state index < -0.39 is 51.9 Å². The Morgan fingerprint density at radius 1 is 1.18 bits per heavy atom. The van der Waals surface area contributed by atoms with Gasteiger partial charge in [0.2, 0.25) is 5.78 Å². The number of phenolic OH excluding ortho intramolecular Hbond substituents is 1. The fraction of sp³-hybridized carbons (Fsp3) is 0.500. The number of allylic oxidation sites excluding steroid dienone is 2. The number of phenols is 1. The number of fused-ring (bicyclic) bond motifs is 3. The third-order valence-corrected chi connectivity index (χ3v) is 7.33. The predicted octanol–water partition coefficient (Wildman–Crippen LogP) is 2.95. The van der Waals surface area contributed by atoms with Crippen LogP contribution in [0, 0.1) is 17.8 Å². The first-order valence-corrected chi connectivity index (χ1v) is 11.5. The molecule has 3 aliphatic carbocycles. The van der Waals surface area contributed by atoms with Crippen LogP contribution in [-0.2, 0) is 22.4 Å². The molecule has 3 unspecified atom stereocenters. The molecule has 182 valence electrons. The number of aliphatic hydroxyl groups excluding tert-OH is 2. The largest absolute Gasteiger partial charge is 0.511 e. The zero-order valence-corrected chi connectivity index (χ0v) is 20.1. The first-order valence-electron chi connectivity index (χ1n) is 11.5. The van der Waals surface area contributed by atoms with Gasteiger partial charge in [-0.2, -0.15) is 0 Å². The van der Waals surface area contributed by atoms with E-state index in [2.05, 4.69) is 0 Å². The minimum atomic E-state index is -2.47. The average Bonchev–Trinajstić information content (AvgIpc) is 2.71. The summed E-state index contributed by atoms with van der Waals surface area (Å²) in [5.74, 6) is -4.96. The highest BCUT2D eigenvalue weighted by atomic mass is 16.3. The summed E-state index contributed by atoms with van der Waals surface area (Å²) in [5, 5.41) is 44.0. The van der Waals surface area contributed by atoms with Gasteiger partial charge >= 0.3 is 0 Å². The number of aromatic hydroxyl groups is 1. The molecule has 1 aromatic rings. The van der Waals surface area contributed by atoms with Gasteiger partial charge < -0.3 is 25.3 Å². The number of anilines is 1. The summed E-state index contributed by atoms with van der Waals surface area (Å²) in [6.07, 6.45) is 0.848. The molecule has 0 saturated carbocycles. The molecule has 34 heavy (non-hydrogen) atoms. The lowest BCUT2D eigenvalue weighted by Crippen LogP contribution is -2.56. The Morgan fingerprint density at radius 3 is 2.38 bits per heavy atom. The van der Waals surface area contributed by atoms with Crippen LogP contribution in [0.25, 0.3) is 0 Å². The zero-order chi connectivity index (χ0) is 25.3. The van der Waals surface area contributed by atoms with Crippen LogP contribution < -0.4 is 4.90 Å². The fourth-order valence-corrected chi connectivity index (χ4v) is 5.83. The molecule has 0 radical (unpaired) electrons. The molecule has 0 bridgehead atoms. The first-order chi connectivity index (χ1) is 15.8. The van der Waals surface area contributed by atoms with Crippen molar-refractivity contribution in [1.29, 1.82) is 0 Å². The summed E-state index contributed by atoms with van der Waals surface area (Å²) in [6.45, 7) is 5.10. The summed E-state index contributed by atoms with van der Waals surface area (Å²) in [7, 11) is 3.70. The minimum absolute atomic E-state index is 0.0788. The van der Waals surface area contributed by atoms with E-state index in [-0.39, 0.29) is 35.6 Å². The molecule has 8 heteroatoms. The highest BCUT2D eigenvalue weighted by Crippen LogP contribution is 2.52. The molecular formula is C26H31NO7. The van der Waals surface area contributed by atoms with Gasteiger partial charge in [-0.05, 0) is 55.2 Å². The molecule has 4 N–H and O–H groups in total. The molecule has 1 aromatic carbocycles. The molecule has 8 nitrogen and oxygen atoms in total. The van der Waals surface area contributed by atoms with E-state index in [0.29, 0.717) is 24.0 Å². The van der Waals surface area contributed by atoms with Crippen molar-refractivity contribution in [2.75, 3.05) is 19.0 Å². The van der Waals surface area contributed by atoms with Crippen molar-refractivity contribution in [2.24, 2.45) is 17.8 Å².